The lowest BCUT2D eigenvalue weighted by atomic mass is 10.3. The molecule has 0 aromatic heterocycles. The molecule has 0 bridgehead atoms. The molecule has 0 spiro atoms. The lowest BCUT2D eigenvalue weighted by Gasteiger charge is -2.14. The summed E-state index contributed by atoms with van der Waals surface area (Å²) in [5.74, 6) is 1.55. The van der Waals surface area contributed by atoms with Crippen LogP contribution in [0, 0.1) is 0 Å². The van der Waals surface area contributed by atoms with Crippen LogP contribution in [0.5, 0.6) is 11.5 Å². The minimum atomic E-state index is 0.0591. The Kier molecular flexibility index (Phi) is 4.80. The van der Waals surface area contributed by atoms with Gasteiger partial charge in [0.05, 0.1) is 7.11 Å². The van der Waals surface area contributed by atoms with Crippen LogP contribution in [0.3, 0.4) is 0 Å². The molecule has 0 aliphatic heterocycles. The predicted molar refractivity (Wildman–Crippen MR) is 61.2 cm³/mol. The van der Waals surface area contributed by atoms with Crippen LogP contribution in [0.4, 0.5) is 0 Å². The van der Waals surface area contributed by atoms with Crippen molar-refractivity contribution in [3.05, 3.63) is 24.3 Å². The van der Waals surface area contributed by atoms with Crippen molar-refractivity contribution in [2.45, 2.75) is 24.8 Å². The lowest BCUT2D eigenvalue weighted by molar-refractivity contribution is 0.265. The molecule has 0 amide bonds. The number of ether oxygens (including phenoxy) is 2. The van der Waals surface area contributed by atoms with E-state index in [1.165, 1.54) is 0 Å². The molecular weight excluding hydrogens is 244 g/mol. The minimum absolute atomic E-state index is 0.0591. The zero-order chi connectivity index (χ0) is 10.4. The maximum Gasteiger partial charge on any atom is 0.162 e. The summed E-state index contributed by atoms with van der Waals surface area (Å²) in [5, 5.41) is 0.0591. The summed E-state index contributed by atoms with van der Waals surface area (Å²) in [5.41, 5.74) is 0. The Morgan fingerprint density at radius 2 is 1.93 bits per heavy atom. The molecule has 0 radical (unpaired) electrons. The predicted octanol–water partition coefficient (Wildman–Crippen LogP) is 3.60. The van der Waals surface area contributed by atoms with E-state index >= 15 is 0 Å². The van der Waals surface area contributed by atoms with Crippen molar-refractivity contribution >= 4 is 15.9 Å². The van der Waals surface area contributed by atoms with Gasteiger partial charge in [0.25, 0.3) is 0 Å². The molecule has 2 nitrogen and oxygen atoms in total. The van der Waals surface area contributed by atoms with Crippen LogP contribution in [0.2, 0.25) is 0 Å². The van der Waals surface area contributed by atoms with E-state index in [0.717, 1.165) is 24.3 Å². The van der Waals surface area contributed by atoms with Crippen LogP contribution in [-0.2, 0) is 0 Å². The Labute approximate surface area is 93.4 Å². The number of methoxy groups -OCH3 is 1. The maximum atomic E-state index is 5.67. The number of para-hydroxylation sites is 2. The van der Waals surface area contributed by atoms with E-state index in [0.29, 0.717) is 0 Å². The summed E-state index contributed by atoms with van der Waals surface area (Å²) in [7, 11) is 1.64. The van der Waals surface area contributed by atoms with Crippen molar-refractivity contribution in [2.24, 2.45) is 0 Å². The number of benzene rings is 1. The van der Waals surface area contributed by atoms with Gasteiger partial charge in [0.1, 0.15) is 0 Å². The molecule has 0 heterocycles. The van der Waals surface area contributed by atoms with E-state index in [9.17, 15) is 0 Å². The monoisotopic (exact) mass is 258 g/mol. The molecule has 1 aromatic rings. The van der Waals surface area contributed by atoms with Gasteiger partial charge >= 0.3 is 0 Å². The molecule has 0 aliphatic rings. The SMILES string of the molecule is CCCC(Br)Oc1ccccc1OC. The first kappa shape index (κ1) is 11.4. The maximum absolute atomic E-state index is 5.67. The summed E-state index contributed by atoms with van der Waals surface area (Å²) in [4.78, 5) is 0. The highest BCUT2D eigenvalue weighted by molar-refractivity contribution is 9.09. The van der Waals surface area contributed by atoms with Crippen molar-refractivity contribution in [1.82, 2.24) is 0 Å². The summed E-state index contributed by atoms with van der Waals surface area (Å²) in [6.07, 6.45) is 2.07. The molecule has 3 heteroatoms. The molecule has 1 rings (SSSR count). The Balaban J connectivity index is 2.65. The molecule has 1 aromatic carbocycles. The largest absolute Gasteiger partial charge is 0.493 e. The quantitative estimate of drug-likeness (QED) is 0.752. The zero-order valence-electron chi connectivity index (χ0n) is 8.50. The number of hydrogen-bond acceptors (Lipinski definition) is 2. The number of rotatable bonds is 5. The highest BCUT2D eigenvalue weighted by Crippen LogP contribution is 2.28. The Hall–Kier alpha value is -0.700. The molecule has 14 heavy (non-hydrogen) atoms. The zero-order valence-corrected chi connectivity index (χ0v) is 10.1. The Bertz CT molecular complexity index is 276. The van der Waals surface area contributed by atoms with Crippen LogP contribution < -0.4 is 9.47 Å². The fourth-order valence-corrected chi connectivity index (χ4v) is 1.80. The van der Waals surface area contributed by atoms with Gasteiger partial charge in [-0.05, 0) is 34.5 Å². The summed E-state index contributed by atoms with van der Waals surface area (Å²) in [6, 6.07) is 7.65. The van der Waals surface area contributed by atoms with E-state index in [1.807, 2.05) is 24.3 Å². The van der Waals surface area contributed by atoms with Gasteiger partial charge in [0, 0.05) is 0 Å². The van der Waals surface area contributed by atoms with E-state index in [2.05, 4.69) is 22.9 Å². The third-order valence-electron chi connectivity index (χ3n) is 1.84. The average Bonchev–Trinajstić information content (AvgIpc) is 2.19. The van der Waals surface area contributed by atoms with Crippen molar-refractivity contribution in [2.75, 3.05) is 7.11 Å². The minimum Gasteiger partial charge on any atom is -0.493 e. The van der Waals surface area contributed by atoms with E-state index in [1.54, 1.807) is 7.11 Å². The van der Waals surface area contributed by atoms with Gasteiger partial charge < -0.3 is 9.47 Å². The highest BCUT2D eigenvalue weighted by Gasteiger charge is 2.08. The van der Waals surface area contributed by atoms with Crippen LogP contribution in [0.25, 0.3) is 0 Å². The second kappa shape index (κ2) is 5.91. The molecule has 1 unspecified atom stereocenters. The van der Waals surface area contributed by atoms with Crippen molar-refractivity contribution in [1.29, 1.82) is 0 Å². The summed E-state index contributed by atoms with van der Waals surface area (Å²) in [6.45, 7) is 2.12. The van der Waals surface area contributed by atoms with Crippen LogP contribution >= 0.6 is 15.9 Å². The summed E-state index contributed by atoms with van der Waals surface area (Å²) >= 11 is 3.46. The van der Waals surface area contributed by atoms with Gasteiger partial charge in [0.2, 0.25) is 0 Å². The van der Waals surface area contributed by atoms with Crippen LogP contribution in [-0.4, -0.2) is 12.1 Å². The fraction of sp³-hybridized carbons (Fsp3) is 0.455. The van der Waals surface area contributed by atoms with Gasteiger partial charge in [-0.1, -0.05) is 25.5 Å². The standard InChI is InChI=1S/C11H15BrO2/c1-3-6-11(12)14-10-8-5-4-7-9(10)13-2/h4-5,7-8,11H,3,6H2,1-2H3. The van der Waals surface area contributed by atoms with E-state index in [-0.39, 0.29) is 5.01 Å². The second-order valence-electron chi connectivity index (χ2n) is 2.97. The Morgan fingerprint density at radius 1 is 1.29 bits per heavy atom. The van der Waals surface area contributed by atoms with Gasteiger partial charge in [-0.2, -0.15) is 0 Å². The first-order valence-electron chi connectivity index (χ1n) is 4.71. The van der Waals surface area contributed by atoms with Crippen molar-refractivity contribution < 1.29 is 9.47 Å². The van der Waals surface area contributed by atoms with E-state index < -0.39 is 0 Å². The van der Waals surface area contributed by atoms with E-state index in [4.69, 9.17) is 9.47 Å². The van der Waals surface area contributed by atoms with Crippen LogP contribution in [0.1, 0.15) is 19.8 Å². The third kappa shape index (κ3) is 3.22. The van der Waals surface area contributed by atoms with Gasteiger partial charge in [0.15, 0.2) is 16.5 Å². The number of hydrogen-bond donors (Lipinski definition) is 0. The molecule has 78 valence electrons. The molecule has 1 atom stereocenters. The number of alkyl halides is 1. The topological polar surface area (TPSA) is 18.5 Å². The Morgan fingerprint density at radius 3 is 2.50 bits per heavy atom. The molecule has 0 aliphatic carbocycles. The lowest BCUT2D eigenvalue weighted by Crippen LogP contribution is -2.07. The molecule has 0 saturated heterocycles. The highest BCUT2D eigenvalue weighted by atomic mass is 79.9. The molecule has 0 saturated carbocycles. The third-order valence-corrected chi connectivity index (χ3v) is 2.48. The molecule has 0 fully saturated rings. The van der Waals surface area contributed by atoms with Gasteiger partial charge in [-0.3, -0.25) is 0 Å². The van der Waals surface area contributed by atoms with Gasteiger partial charge in [-0.15, -0.1) is 0 Å². The first-order valence-corrected chi connectivity index (χ1v) is 5.63. The van der Waals surface area contributed by atoms with Gasteiger partial charge in [-0.25, -0.2) is 0 Å². The molecule has 0 N–H and O–H groups in total. The normalized spacial score (nSPS) is 12.2. The second-order valence-corrected chi connectivity index (χ2v) is 3.99. The number of halogens is 1. The smallest absolute Gasteiger partial charge is 0.162 e. The first-order chi connectivity index (χ1) is 6.77. The van der Waals surface area contributed by atoms with Crippen molar-refractivity contribution in [3.8, 4) is 11.5 Å². The van der Waals surface area contributed by atoms with Crippen LogP contribution in [0.15, 0.2) is 24.3 Å². The summed E-state index contributed by atoms with van der Waals surface area (Å²) < 4.78 is 10.8. The van der Waals surface area contributed by atoms with Crippen molar-refractivity contribution in [3.63, 3.8) is 0 Å². The fourth-order valence-electron chi connectivity index (χ4n) is 1.14. The average molecular weight is 259 g/mol. The molecular formula is C11H15BrO2.